The highest BCUT2D eigenvalue weighted by Crippen LogP contribution is 2.20. The van der Waals surface area contributed by atoms with Crippen LogP contribution < -0.4 is 5.32 Å². The quantitative estimate of drug-likeness (QED) is 0.786. The molecule has 0 aromatic heterocycles. The predicted molar refractivity (Wildman–Crippen MR) is 58.4 cm³/mol. The first kappa shape index (κ1) is 10.6. The van der Waals surface area contributed by atoms with Gasteiger partial charge in [0.1, 0.15) is 0 Å². The molecule has 2 unspecified atom stereocenters. The number of nitrogens with one attached hydrogen (secondary N) is 1. The normalized spacial score (nSPS) is 15.4. The zero-order chi connectivity index (χ0) is 9.84. The van der Waals surface area contributed by atoms with Crippen LogP contribution >= 0.6 is 11.6 Å². The summed E-state index contributed by atoms with van der Waals surface area (Å²) >= 11 is 5.81. The molecule has 0 saturated carbocycles. The molecular weight excluding hydrogens is 182 g/mol. The van der Waals surface area contributed by atoms with Crippen LogP contribution in [0.4, 0.5) is 0 Å². The molecular formula is C11H16ClN. The van der Waals surface area contributed by atoms with Gasteiger partial charge in [-0.25, -0.2) is 0 Å². The largest absolute Gasteiger partial charge is 0.317 e. The maximum Gasteiger partial charge on any atom is 0.0406 e. The van der Waals surface area contributed by atoms with E-state index in [4.69, 9.17) is 11.6 Å². The Morgan fingerprint density at radius 1 is 1.15 bits per heavy atom. The van der Waals surface area contributed by atoms with Crippen molar-refractivity contribution in [3.05, 3.63) is 34.9 Å². The highest BCUT2D eigenvalue weighted by Gasteiger charge is 2.11. The van der Waals surface area contributed by atoms with Crippen LogP contribution in [0.1, 0.15) is 25.3 Å². The van der Waals surface area contributed by atoms with E-state index in [0.717, 1.165) is 5.02 Å². The van der Waals surface area contributed by atoms with E-state index in [-0.39, 0.29) is 0 Å². The molecule has 1 aromatic carbocycles. The fourth-order valence-electron chi connectivity index (χ4n) is 1.31. The lowest BCUT2D eigenvalue weighted by molar-refractivity contribution is 0.524. The minimum absolute atomic E-state index is 0.487. The highest BCUT2D eigenvalue weighted by molar-refractivity contribution is 6.30. The van der Waals surface area contributed by atoms with E-state index >= 15 is 0 Å². The van der Waals surface area contributed by atoms with Crippen molar-refractivity contribution in [3.8, 4) is 0 Å². The molecule has 2 heteroatoms. The van der Waals surface area contributed by atoms with Gasteiger partial charge in [0.25, 0.3) is 0 Å². The van der Waals surface area contributed by atoms with E-state index in [9.17, 15) is 0 Å². The van der Waals surface area contributed by atoms with Gasteiger partial charge in [-0.1, -0.05) is 30.7 Å². The van der Waals surface area contributed by atoms with E-state index < -0.39 is 0 Å². The Kier molecular flexibility index (Phi) is 3.76. The highest BCUT2D eigenvalue weighted by atomic mass is 35.5. The van der Waals surface area contributed by atoms with Gasteiger partial charge in [-0.3, -0.25) is 0 Å². The van der Waals surface area contributed by atoms with E-state index in [1.165, 1.54) is 5.56 Å². The second-order valence-corrected chi connectivity index (χ2v) is 3.85. The minimum Gasteiger partial charge on any atom is -0.317 e. The Hall–Kier alpha value is -0.530. The maximum absolute atomic E-state index is 5.81. The monoisotopic (exact) mass is 197 g/mol. The summed E-state index contributed by atoms with van der Waals surface area (Å²) in [7, 11) is 1.98. The van der Waals surface area contributed by atoms with Crippen LogP contribution in [-0.4, -0.2) is 13.1 Å². The van der Waals surface area contributed by atoms with Crippen LogP contribution in [-0.2, 0) is 0 Å². The van der Waals surface area contributed by atoms with Crippen molar-refractivity contribution in [2.45, 2.75) is 25.8 Å². The molecule has 72 valence electrons. The van der Waals surface area contributed by atoms with Gasteiger partial charge in [-0.2, -0.15) is 0 Å². The number of hydrogen-bond donors (Lipinski definition) is 1. The van der Waals surface area contributed by atoms with Gasteiger partial charge in [0.15, 0.2) is 0 Å². The van der Waals surface area contributed by atoms with E-state index in [2.05, 4.69) is 31.3 Å². The third-order valence-corrected chi connectivity index (χ3v) is 2.85. The summed E-state index contributed by atoms with van der Waals surface area (Å²) in [4.78, 5) is 0. The molecule has 1 nitrogen and oxygen atoms in total. The first-order valence-electron chi connectivity index (χ1n) is 4.58. The molecule has 0 heterocycles. The number of likely N-dealkylation sites (N-methyl/N-ethyl adjacent to an activating group) is 1. The first-order valence-corrected chi connectivity index (χ1v) is 4.95. The fourth-order valence-corrected chi connectivity index (χ4v) is 1.43. The SMILES string of the molecule is CNC(C)C(C)c1ccc(Cl)cc1. The Bertz CT molecular complexity index is 255. The Balaban J connectivity index is 2.77. The molecule has 2 atom stereocenters. The van der Waals surface area contributed by atoms with E-state index in [1.54, 1.807) is 0 Å². The van der Waals surface area contributed by atoms with Gasteiger partial charge < -0.3 is 5.32 Å². The number of benzene rings is 1. The zero-order valence-corrected chi connectivity index (χ0v) is 9.10. The smallest absolute Gasteiger partial charge is 0.0406 e. The average Bonchev–Trinajstić information content (AvgIpc) is 2.17. The van der Waals surface area contributed by atoms with Crippen molar-refractivity contribution in [2.24, 2.45) is 0 Å². The average molecular weight is 198 g/mol. The molecule has 1 rings (SSSR count). The molecule has 0 spiro atoms. The summed E-state index contributed by atoms with van der Waals surface area (Å²) < 4.78 is 0. The van der Waals surface area contributed by atoms with Gasteiger partial charge in [0.2, 0.25) is 0 Å². The second-order valence-electron chi connectivity index (χ2n) is 3.42. The molecule has 0 aliphatic carbocycles. The molecule has 0 aliphatic heterocycles. The lowest BCUT2D eigenvalue weighted by Gasteiger charge is -2.19. The summed E-state index contributed by atoms with van der Waals surface area (Å²) in [5.74, 6) is 0.516. The van der Waals surface area contributed by atoms with Crippen molar-refractivity contribution >= 4 is 11.6 Å². The Morgan fingerprint density at radius 2 is 1.69 bits per heavy atom. The van der Waals surface area contributed by atoms with E-state index in [0.29, 0.717) is 12.0 Å². The molecule has 0 bridgehead atoms. The summed E-state index contributed by atoms with van der Waals surface area (Å²) in [5, 5.41) is 4.04. The van der Waals surface area contributed by atoms with E-state index in [1.807, 2.05) is 19.2 Å². The van der Waals surface area contributed by atoms with Crippen LogP contribution in [0, 0.1) is 0 Å². The lowest BCUT2D eigenvalue weighted by atomic mass is 9.95. The fraction of sp³-hybridized carbons (Fsp3) is 0.455. The van der Waals surface area contributed by atoms with Crippen molar-refractivity contribution in [1.82, 2.24) is 5.32 Å². The second kappa shape index (κ2) is 4.64. The molecule has 0 radical (unpaired) electrons. The molecule has 0 amide bonds. The Labute approximate surface area is 85.1 Å². The van der Waals surface area contributed by atoms with Crippen LogP contribution in [0.3, 0.4) is 0 Å². The molecule has 1 N–H and O–H groups in total. The van der Waals surface area contributed by atoms with Crippen molar-refractivity contribution < 1.29 is 0 Å². The molecule has 0 fully saturated rings. The molecule has 0 saturated heterocycles. The van der Waals surface area contributed by atoms with Crippen molar-refractivity contribution in [3.63, 3.8) is 0 Å². The maximum atomic E-state index is 5.81. The summed E-state index contributed by atoms with van der Waals surface area (Å²) in [6.45, 7) is 4.39. The van der Waals surface area contributed by atoms with Crippen LogP contribution in [0.2, 0.25) is 5.02 Å². The molecule has 13 heavy (non-hydrogen) atoms. The van der Waals surface area contributed by atoms with Gasteiger partial charge in [0, 0.05) is 11.1 Å². The van der Waals surface area contributed by atoms with Gasteiger partial charge >= 0.3 is 0 Å². The van der Waals surface area contributed by atoms with Gasteiger partial charge in [-0.05, 0) is 37.6 Å². The van der Waals surface area contributed by atoms with Gasteiger partial charge in [0.05, 0.1) is 0 Å². The minimum atomic E-state index is 0.487. The third-order valence-electron chi connectivity index (χ3n) is 2.60. The van der Waals surface area contributed by atoms with Crippen molar-refractivity contribution in [1.29, 1.82) is 0 Å². The van der Waals surface area contributed by atoms with Crippen molar-refractivity contribution in [2.75, 3.05) is 7.05 Å². The number of halogens is 1. The topological polar surface area (TPSA) is 12.0 Å². The van der Waals surface area contributed by atoms with Crippen LogP contribution in [0.25, 0.3) is 0 Å². The molecule has 0 aliphatic rings. The van der Waals surface area contributed by atoms with Crippen LogP contribution in [0.15, 0.2) is 24.3 Å². The lowest BCUT2D eigenvalue weighted by Crippen LogP contribution is -2.27. The van der Waals surface area contributed by atoms with Gasteiger partial charge in [-0.15, -0.1) is 0 Å². The summed E-state index contributed by atoms with van der Waals surface area (Å²) in [6, 6.07) is 8.54. The third kappa shape index (κ3) is 2.71. The van der Waals surface area contributed by atoms with Crippen LogP contribution in [0.5, 0.6) is 0 Å². The summed E-state index contributed by atoms with van der Waals surface area (Å²) in [6.07, 6.45) is 0. The first-order chi connectivity index (χ1) is 6.15. The predicted octanol–water partition coefficient (Wildman–Crippen LogP) is 3.05. The number of rotatable bonds is 3. The molecule has 1 aromatic rings. The zero-order valence-electron chi connectivity index (χ0n) is 8.34. The standard InChI is InChI=1S/C11H16ClN/c1-8(9(2)13-3)10-4-6-11(12)7-5-10/h4-9,13H,1-3H3. The number of hydrogen-bond acceptors (Lipinski definition) is 1. The summed E-state index contributed by atoms with van der Waals surface area (Å²) in [5.41, 5.74) is 1.33. The Morgan fingerprint density at radius 3 is 2.15 bits per heavy atom.